The fourth-order valence-corrected chi connectivity index (χ4v) is 3.28. The molecule has 0 saturated carbocycles. The summed E-state index contributed by atoms with van der Waals surface area (Å²) in [5.41, 5.74) is 11.8. The molecule has 1 rings (SSSR count). The van der Waals surface area contributed by atoms with Gasteiger partial charge in [-0.15, -0.1) is 0 Å². The standard InChI is InChI=1S/C20H33N5O/c1-6-25(5,14-10-8-7-9-13-22-24-21)20-12-11-18(23-17(4)26)15-19(20)16(2)3/h11-12,15-16H,6-10,13-14H2,1-5H3/p+1. The number of carbonyl (C=O) groups is 1. The molecule has 26 heavy (non-hydrogen) atoms. The lowest BCUT2D eigenvalue weighted by molar-refractivity contribution is -0.114. The number of azide groups is 1. The third-order valence-corrected chi connectivity index (χ3v) is 4.97. The van der Waals surface area contributed by atoms with Gasteiger partial charge in [-0.2, -0.15) is 0 Å². The predicted octanol–water partition coefficient (Wildman–Crippen LogP) is 5.60. The van der Waals surface area contributed by atoms with Gasteiger partial charge in [0.15, 0.2) is 0 Å². The molecule has 0 saturated heterocycles. The molecular formula is C20H34N5O+. The summed E-state index contributed by atoms with van der Waals surface area (Å²) >= 11 is 0. The van der Waals surface area contributed by atoms with Gasteiger partial charge < -0.3 is 5.32 Å². The second-order valence-corrected chi connectivity index (χ2v) is 7.41. The summed E-state index contributed by atoms with van der Waals surface area (Å²) in [6.45, 7) is 10.9. The Morgan fingerprint density at radius 3 is 2.54 bits per heavy atom. The molecule has 0 fully saturated rings. The quantitative estimate of drug-likeness (QED) is 0.180. The SMILES string of the molecule is CC[N+](C)(CCCCCCN=[N+]=[N-])c1ccc(NC(C)=O)cc1C(C)C. The van der Waals surface area contributed by atoms with Crippen LogP contribution < -0.4 is 9.80 Å². The Morgan fingerprint density at radius 2 is 1.96 bits per heavy atom. The topological polar surface area (TPSA) is 77.9 Å². The number of nitrogens with zero attached hydrogens (tertiary/aromatic N) is 4. The van der Waals surface area contributed by atoms with Crippen molar-refractivity contribution in [3.8, 4) is 0 Å². The highest BCUT2D eigenvalue weighted by Crippen LogP contribution is 2.34. The largest absolute Gasteiger partial charge is 0.326 e. The van der Waals surface area contributed by atoms with Gasteiger partial charge >= 0.3 is 0 Å². The molecule has 0 aliphatic heterocycles. The van der Waals surface area contributed by atoms with Gasteiger partial charge in [0, 0.05) is 35.7 Å². The second kappa shape index (κ2) is 10.8. The van der Waals surface area contributed by atoms with Crippen LogP contribution in [0.4, 0.5) is 11.4 Å². The number of benzene rings is 1. The van der Waals surface area contributed by atoms with Crippen molar-refractivity contribution in [2.45, 2.75) is 59.3 Å². The van der Waals surface area contributed by atoms with E-state index in [0.717, 1.165) is 48.9 Å². The minimum absolute atomic E-state index is 0.0408. The van der Waals surface area contributed by atoms with Crippen LogP contribution in [0.15, 0.2) is 23.3 Å². The third kappa shape index (κ3) is 6.70. The summed E-state index contributed by atoms with van der Waals surface area (Å²) in [7, 11) is 2.29. The Hall–Kier alpha value is -2.04. The lowest BCUT2D eigenvalue weighted by Gasteiger charge is -2.35. The van der Waals surface area contributed by atoms with Crippen molar-refractivity contribution in [1.29, 1.82) is 0 Å². The van der Waals surface area contributed by atoms with Crippen LogP contribution in [0.2, 0.25) is 0 Å². The molecule has 1 unspecified atom stereocenters. The normalized spacial score (nSPS) is 13.2. The first kappa shape index (κ1) is 22.0. The average molecular weight is 361 g/mol. The summed E-state index contributed by atoms with van der Waals surface area (Å²) in [5, 5.41) is 6.48. The van der Waals surface area contributed by atoms with Gasteiger partial charge in [0.2, 0.25) is 5.91 Å². The molecule has 0 aromatic heterocycles. The van der Waals surface area contributed by atoms with E-state index in [9.17, 15) is 4.79 Å². The van der Waals surface area contributed by atoms with E-state index < -0.39 is 0 Å². The Kier molecular flexibility index (Phi) is 9.17. The molecular weight excluding hydrogens is 326 g/mol. The molecule has 1 aromatic carbocycles. The van der Waals surface area contributed by atoms with Crippen LogP contribution in [-0.2, 0) is 4.79 Å². The van der Waals surface area contributed by atoms with E-state index in [1.54, 1.807) is 0 Å². The van der Waals surface area contributed by atoms with Crippen LogP contribution >= 0.6 is 0 Å². The highest BCUT2D eigenvalue weighted by atomic mass is 16.1. The van der Waals surface area contributed by atoms with Crippen molar-refractivity contribution in [2.75, 3.05) is 32.0 Å². The minimum atomic E-state index is -0.0408. The molecule has 0 spiro atoms. The minimum Gasteiger partial charge on any atom is -0.326 e. The molecule has 1 atom stereocenters. The number of nitrogens with one attached hydrogen (secondary N) is 1. The van der Waals surface area contributed by atoms with Crippen molar-refractivity contribution in [3.63, 3.8) is 0 Å². The van der Waals surface area contributed by atoms with Gasteiger partial charge in [0.05, 0.1) is 20.1 Å². The van der Waals surface area contributed by atoms with Crippen LogP contribution in [0, 0.1) is 0 Å². The summed E-state index contributed by atoms with van der Waals surface area (Å²) in [6.07, 6.45) is 4.35. The van der Waals surface area contributed by atoms with Crippen molar-refractivity contribution in [3.05, 3.63) is 34.2 Å². The lowest BCUT2D eigenvalue weighted by Crippen LogP contribution is -2.46. The molecule has 144 valence electrons. The van der Waals surface area contributed by atoms with E-state index in [1.165, 1.54) is 18.2 Å². The van der Waals surface area contributed by atoms with E-state index >= 15 is 0 Å². The number of amides is 1. The molecule has 0 radical (unpaired) electrons. The fourth-order valence-electron chi connectivity index (χ4n) is 3.28. The maximum Gasteiger partial charge on any atom is 0.221 e. The number of hydrogen-bond donors (Lipinski definition) is 1. The number of unbranched alkanes of at least 4 members (excludes halogenated alkanes) is 3. The first-order valence-corrected chi connectivity index (χ1v) is 9.61. The number of quaternary nitrogens is 1. The molecule has 0 aliphatic carbocycles. The van der Waals surface area contributed by atoms with Gasteiger partial charge in [-0.1, -0.05) is 25.4 Å². The van der Waals surface area contributed by atoms with Crippen molar-refractivity contribution >= 4 is 17.3 Å². The van der Waals surface area contributed by atoms with Crippen molar-refractivity contribution in [1.82, 2.24) is 4.48 Å². The Balaban J connectivity index is 2.85. The summed E-state index contributed by atoms with van der Waals surface area (Å²) in [4.78, 5) is 14.2. The maximum atomic E-state index is 11.4. The van der Waals surface area contributed by atoms with E-state index in [1.807, 2.05) is 6.07 Å². The molecule has 6 nitrogen and oxygen atoms in total. The van der Waals surface area contributed by atoms with Crippen molar-refractivity contribution < 1.29 is 4.79 Å². The number of rotatable bonds is 11. The van der Waals surface area contributed by atoms with Crippen LogP contribution in [0.3, 0.4) is 0 Å². The first-order valence-electron chi connectivity index (χ1n) is 9.61. The molecule has 6 heteroatoms. The first-order chi connectivity index (χ1) is 12.3. The predicted molar refractivity (Wildman–Crippen MR) is 110 cm³/mol. The molecule has 1 amide bonds. The Labute approximate surface area is 157 Å². The number of carbonyl (C=O) groups excluding carboxylic acids is 1. The van der Waals surface area contributed by atoms with E-state index in [0.29, 0.717) is 12.5 Å². The third-order valence-electron chi connectivity index (χ3n) is 4.97. The van der Waals surface area contributed by atoms with Crippen LogP contribution in [-0.4, -0.2) is 32.6 Å². The van der Waals surface area contributed by atoms with Gasteiger partial charge in [-0.05, 0) is 49.8 Å². The molecule has 0 aliphatic rings. The van der Waals surface area contributed by atoms with Crippen molar-refractivity contribution in [2.24, 2.45) is 5.11 Å². The zero-order chi connectivity index (χ0) is 19.6. The van der Waals surface area contributed by atoms with Crippen LogP contribution in [0.25, 0.3) is 10.4 Å². The highest BCUT2D eigenvalue weighted by molar-refractivity contribution is 5.89. The number of hydrogen-bond acceptors (Lipinski definition) is 2. The maximum absolute atomic E-state index is 11.4. The monoisotopic (exact) mass is 360 g/mol. The summed E-state index contributed by atoms with van der Waals surface area (Å²) in [5.74, 6) is 0.354. The Morgan fingerprint density at radius 1 is 1.27 bits per heavy atom. The zero-order valence-corrected chi connectivity index (χ0v) is 17.0. The fraction of sp³-hybridized carbons (Fsp3) is 0.650. The van der Waals surface area contributed by atoms with Gasteiger partial charge in [0.1, 0.15) is 5.69 Å². The second-order valence-electron chi connectivity index (χ2n) is 7.41. The van der Waals surface area contributed by atoms with E-state index in [2.05, 4.69) is 55.3 Å². The zero-order valence-electron chi connectivity index (χ0n) is 17.0. The van der Waals surface area contributed by atoms with Gasteiger partial charge in [-0.3, -0.25) is 9.28 Å². The average Bonchev–Trinajstić information content (AvgIpc) is 2.60. The smallest absolute Gasteiger partial charge is 0.221 e. The summed E-state index contributed by atoms with van der Waals surface area (Å²) in [6, 6.07) is 6.30. The summed E-state index contributed by atoms with van der Waals surface area (Å²) < 4.78 is 0.893. The van der Waals surface area contributed by atoms with Gasteiger partial charge in [-0.25, -0.2) is 0 Å². The Bertz CT molecular complexity index is 637. The molecule has 0 bridgehead atoms. The number of anilines is 1. The van der Waals surface area contributed by atoms with E-state index in [-0.39, 0.29) is 5.91 Å². The highest BCUT2D eigenvalue weighted by Gasteiger charge is 2.27. The molecule has 0 heterocycles. The van der Waals surface area contributed by atoms with Crippen LogP contribution in [0.5, 0.6) is 0 Å². The van der Waals surface area contributed by atoms with E-state index in [4.69, 9.17) is 5.53 Å². The lowest BCUT2D eigenvalue weighted by atomic mass is 9.98. The van der Waals surface area contributed by atoms with Crippen LogP contribution in [0.1, 0.15) is 64.9 Å². The molecule has 1 aromatic rings. The van der Waals surface area contributed by atoms with Gasteiger partial charge in [0.25, 0.3) is 0 Å². The molecule has 1 N–H and O–H groups in total.